The third-order valence-electron chi connectivity index (χ3n) is 1.52. The standard InChI is InChI=1S/C8H9NO3S.C2H6/c1-3-6-7(11)9(4-5(2)10)8(12)13-6;1-2/h3H,4H2,1-2H3;1-2H3/b6-3-;. The monoisotopic (exact) mass is 229 g/mol. The van der Waals surface area contributed by atoms with Crippen molar-refractivity contribution < 1.29 is 14.4 Å². The Morgan fingerprint density at radius 3 is 2.27 bits per heavy atom. The molecular weight excluding hydrogens is 214 g/mol. The number of rotatable bonds is 2. The Labute approximate surface area is 93.7 Å². The molecule has 1 rings (SSSR count). The summed E-state index contributed by atoms with van der Waals surface area (Å²) in [6.45, 7) is 6.91. The zero-order valence-electron chi connectivity index (χ0n) is 9.36. The number of amides is 2. The van der Waals surface area contributed by atoms with Gasteiger partial charge in [-0.2, -0.15) is 0 Å². The maximum Gasteiger partial charge on any atom is 0.293 e. The van der Waals surface area contributed by atoms with E-state index in [1.165, 1.54) is 6.92 Å². The van der Waals surface area contributed by atoms with Crippen LogP contribution in [-0.2, 0) is 9.59 Å². The predicted octanol–water partition coefficient (Wildman–Crippen LogP) is 2.20. The Bertz CT molecular complexity index is 310. The number of Topliss-reactive ketones (excluding diaryl/α,β-unsaturated/α-hetero) is 1. The molecule has 15 heavy (non-hydrogen) atoms. The Hall–Kier alpha value is -1.10. The quantitative estimate of drug-likeness (QED) is 0.681. The minimum Gasteiger partial charge on any atom is -0.298 e. The minimum atomic E-state index is -0.368. The summed E-state index contributed by atoms with van der Waals surface area (Å²) in [5.41, 5.74) is 0. The fourth-order valence-electron chi connectivity index (χ4n) is 0.950. The van der Waals surface area contributed by atoms with E-state index in [1.807, 2.05) is 13.8 Å². The van der Waals surface area contributed by atoms with Crippen LogP contribution in [0.15, 0.2) is 11.0 Å². The molecule has 5 heteroatoms. The van der Waals surface area contributed by atoms with Gasteiger partial charge in [0.2, 0.25) is 0 Å². The van der Waals surface area contributed by atoms with Crippen LogP contribution in [0.1, 0.15) is 27.7 Å². The normalized spacial score (nSPS) is 17.9. The lowest BCUT2D eigenvalue weighted by Gasteiger charge is -2.08. The first kappa shape index (κ1) is 13.9. The van der Waals surface area contributed by atoms with E-state index < -0.39 is 0 Å². The van der Waals surface area contributed by atoms with Crippen LogP contribution in [0.2, 0.25) is 0 Å². The zero-order chi connectivity index (χ0) is 12.0. The molecule has 0 unspecified atom stereocenters. The fourth-order valence-corrected chi connectivity index (χ4v) is 1.71. The molecule has 1 aliphatic heterocycles. The van der Waals surface area contributed by atoms with Crippen LogP contribution in [0, 0.1) is 0 Å². The van der Waals surface area contributed by atoms with Gasteiger partial charge in [0.25, 0.3) is 11.1 Å². The molecule has 1 fully saturated rings. The number of hydrogen-bond acceptors (Lipinski definition) is 4. The van der Waals surface area contributed by atoms with Gasteiger partial charge in [-0.15, -0.1) is 0 Å². The third kappa shape index (κ3) is 3.51. The third-order valence-corrected chi connectivity index (χ3v) is 2.54. The number of thioether (sulfide) groups is 1. The first-order valence-corrected chi connectivity index (χ1v) is 5.57. The van der Waals surface area contributed by atoms with Gasteiger partial charge in [0, 0.05) is 0 Å². The van der Waals surface area contributed by atoms with Crippen molar-refractivity contribution in [2.75, 3.05) is 6.54 Å². The molecule has 0 aromatic carbocycles. The fraction of sp³-hybridized carbons (Fsp3) is 0.500. The summed E-state index contributed by atoms with van der Waals surface area (Å²) in [6.07, 6.45) is 1.57. The minimum absolute atomic E-state index is 0.123. The lowest BCUT2D eigenvalue weighted by Crippen LogP contribution is -2.32. The van der Waals surface area contributed by atoms with Crippen LogP contribution in [0.3, 0.4) is 0 Å². The summed E-state index contributed by atoms with van der Waals surface area (Å²) in [6, 6.07) is 0. The van der Waals surface area contributed by atoms with Crippen LogP contribution in [0.5, 0.6) is 0 Å². The second kappa shape index (κ2) is 6.40. The zero-order valence-corrected chi connectivity index (χ0v) is 10.2. The highest BCUT2D eigenvalue weighted by molar-refractivity contribution is 8.18. The van der Waals surface area contributed by atoms with Gasteiger partial charge in [0.1, 0.15) is 5.78 Å². The summed E-state index contributed by atoms with van der Waals surface area (Å²) in [7, 11) is 0. The predicted molar refractivity (Wildman–Crippen MR) is 60.5 cm³/mol. The maximum atomic E-state index is 11.3. The highest BCUT2D eigenvalue weighted by atomic mass is 32.2. The summed E-state index contributed by atoms with van der Waals surface area (Å²) >= 11 is 0.870. The van der Waals surface area contributed by atoms with Crippen molar-refractivity contribution >= 4 is 28.7 Å². The largest absolute Gasteiger partial charge is 0.298 e. The lowest BCUT2D eigenvalue weighted by atomic mass is 10.4. The van der Waals surface area contributed by atoms with Gasteiger partial charge >= 0.3 is 0 Å². The molecule has 0 atom stereocenters. The Balaban J connectivity index is 0.000000921. The van der Waals surface area contributed by atoms with Crippen LogP contribution in [0.4, 0.5) is 4.79 Å². The van der Waals surface area contributed by atoms with E-state index in [0.29, 0.717) is 4.91 Å². The molecule has 0 aliphatic carbocycles. The molecule has 0 aromatic rings. The van der Waals surface area contributed by atoms with Gasteiger partial charge in [-0.3, -0.25) is 19.3 Å². The number of nitrogens with zero attached hydrogens (tertiary/aromatic N) is 1. The second-order valence-corrected chi connectivity index (χ2v) is 3.61. The molecule has 0 saturated carbocycles. The van der Waals surface area contributed by atoms with Crippen molar-refractivity contribution in [3.05, 3.63) is 11.0 Å². The van der Waals surface area contributed by atoms with E-state index in [0.717, 1.165) is 16.7 Å². The molecule has 1 saturated heterocycles. The van der Waals surface area contributed by atoms with Crippen LogP contribution in [0.25, 0.3) is 0 Å². The van der Waals surface area contributed by atoms with Gasteiger partial charge in [0.15, 0.2) is 0 Å². The molecule has 1 heterocycles. The average Bonchev–Trinajstić information content (AvgIpc) is 2.48. The molecule has 0 radical (unpaired) electrons. The number of carbonyl (C=O) groups excluding carboxylic acids is 3. The molecule has 84 valence electrons. The number of allylic oxidation sites excluding steroid dienone is 1. The SMILES string of the molecule is C/C=C1\SC(=O)N(CC(C)=O)C1=O.CC. The molecular formula is C10H15NO3S. The molecule has 0 N–H and O–H groups in total. The first-order valence-electron chi connectivity index (χ1n) is 4.75. The van der Waals surface area contributed by atoms with Crippen LogP contribution in [-0.4, -0.2) is 28.4 Å². The summed E-state index contributed by atoms with van der Waals surface area (Å²) in [5, 5.41) is -0.367. The molecule has 1 aliphatic rings. The average molecular weight is 229 g/mol. The Morgan fingerprint density at radius 1 is 1.40 bits per heavy atom. The lowest BCUT2D eigenvalue weighted by molar-refractivity contribution is -0.127. The Kier molecular flexibility index (Phi) is 5.93. The van der Waals surface area contributed by atoms with Gasteiger partial charge in [-0.25, -0.2) is 0 Å². The van der Waals surface area contributed by atoms with Crippen LogP contribution >= 0.6 is 11.8 Å². The summed E-state index contributed by atoms with van der Waals surface area (Å²) in [5.74, 6) is -0.563. The van der Waals surface area contributed by atoms with E-state index in [9.17, 15) is 14.4 Å². The molecule has 4 nitrogen and oxygen atoms in total. The first-order chi connectivity index (χ1) is 7.06. The number of hydrogen-bond donors (Lipinski definition) is 0. The highest BCUT2D eigenvalue weighted by Crippen LogP contribution is 2.29. The smallest absolute Gasteiger partial charge is 0.293 e. The van der Waals surface area contributed by atoms with E-state index in [2.05, 4.69) is 0 Å². The van der Waals surface area contributed by atoms with Crippen molar-refractivity contribution in [1.29, 1.82) is 0 Å². The molecule has 0 aromatic heterocycles. The highest BCUT2D eigenvalue weighted by Gasteiger charge is 2.34. The van der Waals surface area contributed by atoms with Gasteiger partial charge in [-0.1, -0.05) is 19.9 Å². The van der Waals surface area contributed by atoms with E-state index in [1.54, 1.807) is 13.0 Å². The van der Waals surface area contributed by atoms with Gasteiger partial charge in [-0.05, 0) is 25.6 Å². The molecule has 2 amide bonds. The topological polar surface area (TPSA) is 54.5 Å². The van der Waals surface area contributed by atoms with Crippen LogP contribution < -0.4 is 0 Å². The number of carbonyl (C=O) groups is 3. The van der Waals surface area contributed by atoms with Crippen molar-refractivity contribution in [1.82, 2.24) is 4.90 Å². The number of imide groups is 1. The summed E-state index contributed by atoms with van der Waals surface area (Å²) in [4.78, 5) is 34.6. The number of ketones is 1. The van der Waals surface area contributed by atoms with E-state index >= 15 is 0 Å². The van der Waals surface area contributed by atoms with Gasteiger partial charge in [0.05, 0.1) is 11.4 Å². The van der Waals surface area contributed by atoms with Crippen molar-refractivity contribution in [2.24, 2.45) is 0 Å². The summed E-state index contributed by atoms with van der Waals surface area (Å²) < 4.78 is 0. The second-order valence-electron chi connectivity index (χ2n) is 2.61. The van der Waals surface area contributed by atoms with Crippen molar-refractivity contribution in [3.63, 3.8) is 0 Å². The molecule has 0 spiro atoms. The van der Waals surface area contributed by atoms with E-state index in [4.69, 9.17) is 0 Å². The van der Waals surface area contributed by atoms with Gasteiger partial charge < -0.3 is 0 Å². The molecule has 0 bridgehead atoms. The van der Waals surface area contributed by atoms with Crippen molar-refractivity contribution in [3.8, 4) is 0 Å². The Morgan fingerprint density at radius 2 is 1.93 bits per heavy atom. The maximum absolute atomic E-state index is 11.3. The van der Waals surface area contributed by atoms with E-state index in [-0.39, 0.29) is 23.5 Å². The van der Waals surface area contributed by atoms with Crippen molar-refractivity contribution in [2.45, 2.75) is 27.7 Å².